The summed E-state index contributed by atoms with van der Waals surface area (Å²) < 4.78 is 5.08. The smallest absolute Gasteiger partial charge is 0.308 e. The Bertz CT molecular complexity index is 492. The summed E-state index contributed by atoms with van der Waals surface area (Å²) in [6.45, 7) is 7.14. The summed E-state index contributed by atoms with van der Waals surface area (Å²) in [5.41, 5.74) is -1.06. The monoisotopic (exact) mass is 338 g/mol. The molecule has 3 unspecified atom stereocenters. The maximum absolute atomic E-state index is 12.7. The SMILES string of the molecule is CC1CC(C)C(=O)C(C)(C)C(O)CC(=O)OCC/C=C\CCC1=O. The Hall–Kier alpha value is -1.49. The van der Waals surface area contributed by atoms with Gasteiger partial charge in [-0.25, -0.2) is 0 Å². The zero-order valence-electron chi connectivity index (χ0n) is 15.2. The average Bonchev–Trinajstić information content (AvgIpc) is 2.51. The van der Waals surface area contributed by atoms with Gasteiger partial charge in [0.2, 0.25) is 0 Å². The highest BCUT2D eigenvalue weighted by Crippen LogP contribution is 2.31. The van der Waals surface area contributed by atoms with Gasteiger partial charge in [-0.05, 0) is 19.3 Å². The lowest BCUT2D eigenvalue weighted by atomic mass is 9.74. The van der Waals surface area contributed by atoms with Crippen molar-refractivity contribution in [3.05, 3.63) is 12.2 Å². The van der Waals surface area contributed by atoms with Crippen LogP contribution in [0.25, 0.3) is 0 Å². The Kier molecular flexibility index (Phi) is 7.80. The number of aliphatic hydroxyl groups is 1. The summed E-state index contributed by atoms with van der Waals surface area (Å²) in [5.74, 6) is -1.03. The molecular weight excluding hydrogens is 308 g/mol. The standard InChI is InChI=1S/C19H30O5/c1-13-11-14(2)18(23)19(3,4)16(21)12-17(22)24-10-8-6-5-7-9-15(13)20/h5-6,13-14,16,21H,7-12H2,1-4H3/b6-5-. The molecule has 1 rings (SSSR count). The normalized spacial score (nSPS) is 32.2. The number of carbonyl (C=O) groups excluding carboxylic acids is 3. The van der Waals surface area contributed by atoms with E-state index < -0.39 is 17.5 Å². The molecule has 24 heavy (non-hydrogen) atoms. The second kappa shape index (κ2) is 9.11. The quantitative estimate of drug-likeness (QED) is 0.542. The highest BCUT2D eigenvalue weighted by Gasteiger charge is 2.39. The number of allylic oxidation sites excluding steroid dienone is 1. The molecule has 1 aliphatic heterocycles. The molecule has 0 saturated carbocycles. The summed E-state index contributed by atoms with van der Waals surface area (Å²) in [5, 5.41) is 10.3. The van der Waals surface area contributed by atoms with E-state index in [2.05, 4.69) is 0 Å². The fourth-order valence-corrected chi connectivity index (χ4v) is 2.99. The third kappa shape index (κ3) is 5.86. The van der Waals surface area contributed by atoms with Gasteiger partial charge in [-0.3, -0.25) is 14.4 Å². The number of hydrogen-bond donors (Lipinski definition) is 1. The van der Waals surface area contributed by atoms with Gasteiger partial charge >= 0.3 is 5.97 Å². The highest BCUT2D eigenvalue weighted by molar-refractivity contribution is 5.88. The summed E-state index contributed by atoms with van der Waals surface area (Å²) in [6, 6.07) is 0. The first-order chi connectivity index (χ1) is 11.2. The van der Waals surface area contributed by atoms with Crippen molar-refractivity contribution in [2.75, 3.05) is 6.61 Å². The van der Waals surface area contributed by atoms with Crippen molar-refractivity contribution in [3.63, 3.8) is 0 Å². The number of cyclic esters (lactones) is 1. The van der Waals surface area contributed by atoms with Crippen LogP contribution >= 0.6 is 0 Å². The molecule has 0 amide bonds. The maximum atomic E-state index is 12.7. The molecule has 5 heteroatoms. The second-order valence-electron chi connectivity index (χ2n) is 7.33. The molecular formula is C19H30O5. The van der Waals surface area contributed by atoms with E-state index in [0.717, 1.165) is 0 Å². The molecule has 0 bridgehead atoms. The van der Waals surface area contributed by atoms with Crippen molar-refractivity contribution in [1.29, 1.82) is 0 Å². The van der Waals surface area contributed by atoms with Crippen molar-refractivity contribution in [2.45, 2.75) is 65.9 Å². The molecule has 0 aromatic carbocycles. The van der Waals surface area contributed by atoms with Crippen molar-refractivity contribution in [3.8, 4) is 0 Å². The van der Waals surface area contributed by atoms with Crippen molar-refractivity contribution < 1.29 is 24.2 Å². The Morgan fingerprint density at radius 2 is 1.71 bits per heavy atom. The van der Waals surface area contributed by atoms with Gasteiger partial charge in [0.25, 0.3) is 0 Å². The van der Waals surface area contributed by atoms with Gasteiger partial charge in [-0.15, -0.1) is 0 Å². The fourth-order valence-electron chi connectivity index (χ4n) is 2.99. The van der Waals surface area contributed by atoms with E-state index in [1.54, 1.807) is 20.8 Å². The lowest BCUT2D eigenvalue weighted by molar-refractivity contribution is -0.150. The van der Waals surface area contributed by atoms with Gasteiger partial charge in [-0.2, -0.15) is 0 Å². The van der Waals surface area contributed by atoms with E-state index in [0.29, 0.717) is 25.7 Å². The predicted octanol–water partition coefficient (Wildman–Crippen LogP) is 2.85. The van der Waals surface area contributed by atoms with E-state index in [4.69, 9.17) is 4.74 Å². The van der Waals surface area contributed by atoms with E-state index in [-0.39, 0.29) is 36.4 Å². The summed E-state index contributed by atoms with van der Waals surface area (Å²) in [4.78, 5) is 36.7. The molecule has 3 atom stereocenters. The molecule has 0 aromatic heterocycles. The molecule has 5 nitrogen and oxygen atoms in total. The number of hydrogen-bond acceptors (Lipinski definition) is 5. The van der Waals surface area contributed by atoms with Gasteiger partial charge in [0.15, 0.2) is 0 Å². The molecule has 0 radical (unpaired) electrons. The Balaban J connectivity index is 2.91. The molecule has 1 N–H and O–H groups in total. The van der Waals surface area contributed by atoms with Crippen LogP contribution in [0.15, 0.2) is 12.2 Å². The zero-order chi connectivity index (χ0) is 18.3. The van der Waals surface area contributed by atoms with Crippen LogP contribution < -0.4 is 0 Å². The molecule has 0 spiro atoms. The molecule has 0 fully saturated rings. The zero-order valence-corrected chi connectivity index (χ0v) is 15.2. The molecule has 1 heterocycles. The number of ether oxygens (including phenoxy) is 1. The van der Waals surface area contributed by atoms with Gasteiger partial charge < -0.3 is 9.84 Å². The molecule has 0 saturated heterocycles. The lowest BCUT2D eigenvalue weighted by Crippen LogP contribution is -2.42. The van der Waals surface area contributed by atoms with Gasteiger partial charge in [0.05, 0.1) is 24.5 Å². The topological polar surface area (TPSA) is 80.7 Å². The maximum Gasteiger partial charge on any atom is 0.308 e. The molecule has 0 aliphatic carbocycles. The first kappa shape index (κ1) is 20.6. The second-order valence-corrected chi connectivity index (χ2v) is 7.33. The molecule has 1 aliphatic rings. The Morgan fingerprint density at radius 3 is 2.38 bits per heavy atom. The Labute approximate surface area is 144 Å². The van der Waals surface area contributed by atoms with Crippen LogP contribution in [0.5, 0.6) is 0 Å². The lowest BCUT2D eigenvalue weighted by Gasteiger charge is -2.31. The fraction of sp³-hybridized carbons (Fsp3) is 0.737. The average molecular weight is 338 g/mol. The minimum absolute atomic E-state index is 0.130. The van der Waals surface area contributed by atoms with Crippen molar-refractivity contribution in [2.24, 2.45) is 17.3 Å². The van der Waals surface area contributed by atoms with Gasteiger partial charge in [0.1, 0.15) is 11.6 Å². The number of ketones is 2. The van der Waals surface area contributed by atoms with E-state index in [1.165, 1.54) is 0 Å². The number of esters is 1. The number of aliphatic hydroxyl groups excluding tert-OH is 1. The summed E-state index contributed by atoms with van der Waals surface area (Å²) in [7, 11) is 0. The summed E-state index contributed by atoms with van der Waals surface area (Å²) >= 11 is 0. The third-order valence-electron chi connectivity index (χ3n) is 4.80. The van der Waals surface area contributed by atoms with E-state index >= 15 is 0 Å². The van der Waals surface area contributed by atoms with Crippen LogP contribution in [0, 0.1) is 17.3 Å². The van der Waals surface area contributed by atoms with Gasteiger partial charge in [0, 0.05) is 18.3 Å². The number of rotatable bonds is 0. The van der Waals surface area contributed by atoms with Crippen LogP contribution in [-0.4, -0.2) is 35.4 Å². The van der Waals surface area contributed by atoms with Crippen LogP contribution in [-0.2, 0) is 19.1 Å². The number of carbonyl (C=O) groups is 3. The van der Waals surface area contributed by atoms with E-state index in [9.17, 15) is 19.5 Å². The van der Waals surface area contributed by atoms with Crippen molar-refractivity contribution >= 4 is 17.5 Å². The minimum Gasteiger partial charge on any atom is -0.465 e. The minimum atomic E-state index is -1.10. The van der Waals surface area contributed by atoms with Crippen LogP contribution in [0.4, 0.5) is 0 Å². The molecule has 0 aromatic rings. The van der Waals surface area contributed by atoms with E-state index in [1.807, 2.05) is 19.1 Å². The van der Waals surface area contributed by atoms with Crippen LogP contribution in [0.2, 0.25) is 0 Å². The van der Waals surface area contributed by atoms with Crippen LogP contribution in [0.1, 0.15) is 59.8 Å². The number of Topliss-reactive ketones (excluding diaryl/α,β-unsaturated/α-hetero) is 2. The largest absolute Gasteiger partial charge is 0.465 e. The first-order valence-corrected chi connectivity index (χ1v) is 8.72. The predicted molar refractivity (Wildman–Crippen MR) is 91.3 cm³/mol. The van der Waals surface area contributed by atoms with Crippen LogP contribution in [0.3, 0.4) is 0 Å². The Morgan fingerprint density at radius 1 is 1.08 bits per heavy atom. The molecule has 136 valence electrons. The third-order valence-corrected chi connectivity index (χ3v) is 4.80. The summed E-state index contributed by atoms with van der Waals surface area (Å²) in [6.07, 6.45) is 4.64. The van der Waals surface area contributed by atoms with Crippen molar-refractivity contribution in [1.82, 2.24) is 0 Å². The first-order valence-electron chi connectivity index (χ1n) is 8.72. The van der Waals surface area contributed by atoms with Gasteiger partial charge in [-0.1, -0.05) is 39.8 Å². The highest BCUT2D eigenvalue weighted by atomic mass is 16.5.